The summed E-state index contributed by atoms with van der Waals surface area (Å²) in [6.07, 6.45) is 7.47. The number of hydrogen-bond donors (Lipinski definition) is 1. The van der Waals surface area contributed by atoms with E-state index < -0.39 is 5.97 Å². The van der Waals surface area contributed by atoms with Crippen LogP contribution in [0, 0.1) is 5.92 Å². The summed E-state index contributed by atoms with van der Waals surface area (Å²) in [5, 5.41) is 7.42. The number of carboxylic acid groups (broad SMARTS) is 1. The number of aliphatic carboxylic acids is 1. The number of carbonyl (C=O) groups excluding carboxylic acids is 1. The molecule has 0 aromatic heterocycles. The summed E-state index contributed by atoms with van der Waals surface area (Å²) in [5.41, 5.74) is 0. The Morgan fingerprint density at radius 1 is 1.00 bits per heavy atom. The van der Waals surface area contributed by atoms with Gasteiger partial charge in [-0.25, -0.2) is 0 Å². The van der Waals surface area contributed by atoms with Crippen molar-refractivity contribution in [3.05, 3.63) is 0 Å². The third-order valence-electron chi connectivity index (χ3n) is 2.23. The van der Waals surface area contributed by atoms with Crippen molar-refractivity contribution in [2.24, 2.45) is 5.92 Å². The summed E-state index contributed by atoms with van der Waals surface area (Å²) in [5.74, 6) is -0.166. The van der Waals surface area contributed by atoms with Crippen molar-refractivity contribution in [2.75, 3.05) is 6.61 Å². The van der Waals surface area contributed by atoms with Crippen molar-refractivity contribution >= 4 is 11.9 Å². The number of carbonyl (C=O) groups is 2. The highest BCUT2D eigenvalue weighted by molar-refractivity contribution is 5.65. The van der Waals surface area contributed by atoms with E-state index in [2.05, 4.69) is 13.8 Å². The van der Waals surface area contributed by atoms with Crippen LogP contribution in [0.15, 0.2) is 0 Å². The maximum atomic E-state index is 10.4. The summed E-state index contributed by atoms with van der Waals surface area (Å²) in [4.78, 5) is 19.4. The molecule has 0 fully saturated rings. The molecule has 0 aromatic rings. The fourth-order valence-corrected chi connectivity index (χ4v) is 1.40. The number of hydrogen-bond acceptors (Lipinski definition) is 3. The second kappa shape index (κ2) is 14.0. The Morgan fingerprint density at radius 2 is 1.44 bits per heavy atom. The molecule has 0 saturated carbocycles. The Bertz CT molecular complexity index is 208. The second-order valence-corrected chi connectivity index (χ2v) is 4.81. The van der Waals surface area contributed by atoms with Crippen LogP contribution in [0.1, 0.15) is 66.2 Å². The number of rotatable bonds is 8. The first-order valence-electron chi connectivity index (χ1n) is 6.69. The molecular weight excluding hydrogens is 232 g/mol. The Hall–Kier alpha value is -1.06. The van der Waals surface area contributed by atoms with Crippen LogP contribution in [0.3, 0.4) is 0 Å². The molecule has 1 N–H and O–H groups in total. The van der Waals surface area contributed by atoms with Gasteiger partial charge in [0.1, 0.15) is 0 Å². The summed E-state index contributed by atoms with van der Waals surface area (Å²) in [6, 6.07) is 0. The van der Waals surface area contributed by atoms with Crippen molar-refractivity contribution in [3.63, 3.8) is 0 Å². The molecule has 0 aliphatic carbocycles. The lowest BCUT2D eigenvalue weighted by Crippen LogP contribution is -2.00. The maximum Gasteiger partial charge on any atom is 0.302 e. The van der Waals surface area contributed by atoms with Gasteiger partial charge < -0.3 is 9.84 Å². The molecule has 0 aliphatic rings. The van der Waals surface area contributed by atoms with Crippen LogP contribution >= 0.6 is 0 Å². The van der Waals surface area contributed by atoms with Crippen LogP contribution in [0.5, 0.6) is 0 Å². The minimum atomic E-state index is -0.833. The topological polar surface area (TPSA) is 63.6 Å². The van der Waals surface area contributed by atoms with Crippen LogP contribution in [0.2, 0.25) is 0 Å². The summed E-state index contributed by atoms with van der Waals surface area (Å²) in [7, 11) is 0. The Kier molecular flexibility index (Phi) is 15.0. The Balaban J connectivity index is 0. The lowest BCUT2D eigenvalue weighted by molar-refractivity contribution is -0.141. The lowest BCUT2D eigenvalue weighted by Gasteiger charge is -2.04. The van der Waals surface area contributed by atoms with E-state index in [1.165, 1.54) is 39.0 Å². The third-order valence-corrected chi connectivity index (χ3v) is 2.23. The number of unbranched alkanes of at least 4 members (excludes halogenated alkanes) is 4. The van der Waals surface area contributed by atoms with Gasteiger partial charge in [-0.3, -0.25) is 9.59 Å². The molecular formula is C14H28O4. The van der Waals surface area contributed by atoms with Crippen LogP contribution in [-0.4, -0.2) is 23.7 Å². The Morgan fingerprint density at radius 3 is 1.89 bits per heavy atom. The first-order valence-corrected chi connectivity index (χ1v) is 6.69. The molecule has 0 unspecified atom stereocenters. The first-order chi connectivity index (χ1) is 8.36. The van der Waals surface area contributed by atoms with E-state index in [0.717, 1.165) is 19.3 Å². The minimum absolute atomic E-state index is 0.162. The van der Waals surface area contributed by atoms with Gasteiger partial charge in [-0.05, 0) is 12.3 Å². The summed E-state index contributed by atoms with van der Waals surface area (Å²) < 4.78 is 4.85. The number of esters is 1. The molecule has 0 rings (SSSR count). The average Bonchev–Trinajstić information content (AvgIpc) is 2.20. The molecule has 108 valence electrons. The maximum absolute atomic E-state index is 10.4. The summed E-state index contributed by atoms with van der Waals surface area (Å²) >= 11 is 0. The van der Waals surface area contributed by atoms with Crippen molar-refractivity contribution in [3.8, 4) is 0 Å². The van der Waals surface area contributed by atoms with E-state index in [0.29, 0.717) is 6.61 Å². The van der Waals surface area contributed by atoms with Gasteiger partial charge in [-0.15, -0.1) is 0 Å². The van der Waals surface area contributed by atoms with Gasteiger partial charge in [-0.1, -0.05) is 46.0 Å². The molecule has 0 spiro atoms. The van der Waals surface area contributed by atoms with Gasteiger partial charge >= 0.3 is 5.97 Å². The van der Waals surface area contributed by atoms with Crippen molar-refractivity contribution < 1.29 is 19.4 Å². The molecule has 18 heavy (non-hydrogen) atoms. The molecule has 0 amide bonds. The second-order valence-electron chi connectivity index (χ2n) is 4.81. The largest absolute Gasteiger partial charge is 0.481 e. The third kappa shape index (κ3) is 29.4. The molecule has 0 aromatic carbocycles. The van der Waals surface area contributed by atoms with Crippen molar-refractivity contribution in [1.29, 1.82) is 0 Å². The highest BCUT2D eigenvalue weighted by Crippen LogP contribution is 2.10. The van der Waals surface area contributed by atoms with E-state index in [1.807, 2.05) is 0 Å². The molecule has 0 saturated heterocycles. The predicted molar refractivity (Wildman–Crippen MR) is 72.5 cm³/mol. The van der Waals surface area contributed by atoms with Crippen molar-refractivity contribution in [2.45, 2.75) is 66.2 Å². The van der Waals surface area contributed by atoms with E-state index in [4.69, 9.17) is 14.6 Å². The van der Waals surface area contributed by atoms with Gasteiger partial charge in [0, 0.05) is 13.8 Å². The van der Waals surface area contributed by atoms with Gasteiger partial charge in [0.25, 0.3) is 5.97 Å². The predicted octanol–water partition coefficient (Wildman–Crippen LogP) is 3.64. The van der Waals surface area contributed by atoms with Crippen molar-refractivity contribution in [1.82, 2.24) is 0 Å². The molecule has 0 aliphatic heterocycles. The number of carboxylic acids is 1. The highest BCUT2D eigenvalue weighted by Gasteiger charge is 1.95. The van der Waals surface area contributed by atoms with Crippen LogP contribution < -0.4 is 0 Å². The van der Waals surface area contributed by atoms with Crippen LogP contribution in [-0.2, 0) is 14.3 Å². The quantitative estimate of drug-likeness (QED) is 0.534. The zero-order chi connectivity index (χ0) is 14.4. The molecule has 4 nitrogen and oxygen atoms in total. The standard InChI is InChI=1S/C12H24O2.C2H4O2/c1-11(2)9-7-5-4-6-8-10-14-12(3)13;1-2(3)4/h11H,4-10H2,1-3H3;1H3,(H,3,4). The zero-order valence-electron chi connectivity index (χ0n) is 12.2. The fourth-order valence-electron chi connectivity index (χ4n) is 1.40. The SMILES string of the molecule is CC(=O)O.CC(=O)OCCCCCCCC(C)C. The lowest BCUT2D eigenvalue weighted by atomic mass is 10.0. The van der Waals surface area contributed by atoms with Gasteiger partial charge in [-0.2, -0.15) is 0 Å². The normalized spacial score (nSPS) is 9.61. The van der Waals surface area contributed by atoms with E-state index >= 15 is 0 Å². The monoisotopic (exact) mass is 260 g/mol. The Labute approximate surface area is 111 Å². The van der Waals surface area contributed by atoms with Gasteiger partial charge in [0.05, 0.1) is 6.61 Å². The highest BCUT2D eigenvalue weighted by atomic mass is 16.5. The number of ether oxygens (including phenoxy) is 1. The van der Waals surface area contributed by atoms with Gasteiger partial charge in [0.2, 0.25) is 0 Å². The van der Waals surface area contributed by atoms with E-state index in [9.17, 15) is 4.79 Å². The van der Waals surface area contributed by atoms with E-state index in [1.54, 1.807) is 0 Å². The van der Waals surface area contributed by atoms with Crippen LogP contribution in [0.25, 0.3) is 0 Å². The molecule has 0 heterocycles. The molecule has 4 heteroatoms. The average molecular weight is 260 g/mol. The van der Waals surface area contributed by atoms with Crippen LogP contribution in [0.4, 0.5) is 0 Å². The summed E-state index contributed by atoms with van der Waals surface area (Å²) in [6.45, 7) is 7.67. The minimum Gasteiger partial charge on any atom is -0.481 e. The fraction of sp³-hybridized carbons (Fsp3) is 0.857. The molecule has 0 bridgehead atoms. The first kappa shape index (κ1) is 19.3. The van der Waals surface area contributed by atoms with Gasteiger partial charge in [0.15, 0.2) is 0 Å². The smallest absolute Gasteiger partial charge is 0.302 e. The molecule has 0 radical (unpaired) electrons. The molecule has 0 atom stereocenters. The van der Waals surface area contributed by atoms with E-state index in [-0.39, 0.29) is 5.97 Å². The zero-order valence-corrected chi connectivity index (χ0v) is 12.2.